The Hall–Kier alpha value is -0.380. The van der Waals surface area contributed by atoms with Crippen LogP contribution in [0.1, 0.15) is 6.42 Å². The molecule has 100 valence electrons. The van der Waals surface area contributed by atoms with E-state index in [1.807, 2.05) is 5.43 Å². The van der Waals surface area contributed by atoms with Crippen LogP contribution < -0.4 is 11.2 Å². The molecule has 0 heterocycles. The molecular weight excluding hydrogens is 309 g/mol. The summed E-state index contributed by atoms with van der Waals surface area (Å²) in [5.74, 6) is 0. The number of hydrogen-bond acceptors (Lipinski definition) is 3. The summed E-state index contributed by atoms with van der Waals surface area (Å²) >= 11 is 13.1. The van der Waals surface area contributed by atoms with Crippen LogP contribution in [0.3, 0.4) is 0 Å². The Bertz CT molecular complexity index is 303. The average molecular weight is 316 g/mol. The summed E-state index contributed by atoms with van der Waals surface area (Å²) in [6.45, 7) is 0. The van der Waals surface area contributed by atoms with Gasteiger partial charge in [-0.05, 0) is 35.4 Å². The Morgan fingerprint density at radius 3 is 2.06 bits per heavy atom. The maximum Gasteiger partial charge on any atom is 0.357 e. The molecule has 0 fully saturated rings. The number of halogens is 6. The van der Waals surface area contributed by atoms with Crippen LogP contribution in [0.25, 0.3) is 0 Å². The van der Waals surface area contributed by atoms with Crippen LogP contribution in [0, 0.1) is 0 Å². The van der Waals surface area contributed by atoms with Crippen molar-refractivity contribution in [1.29, 1.82) is 0 Å². The van der Waals surface area contributed by atoms with Gasteiger partial charge in [0.15, 0.2) is 5.11 Å². The highest BCUT2D eigenvalue weighted by molar-refractivity contribution is 7.80. The van der Waals surface area contributed by atoms with Gasteiger partial charge in [0.25, 0.3) is 0 Å². The predicted molar refractivity (Wildman–Crippen MR) is 59.6 cm³/mol. The van der Waals surface area contributed by atoms with E-state index < -0.39 is 22.8 Å². The van der Waals surface area contributed by atoms with Crippen LogP contribution in [0.4, 0.5) is 17.6 Å². The largest absolute Gasteiger partial charge is 0.376 e. The minimum absolute atomic E-state index is 0.319. The minimum atomic E-state index is -4.66. The molecule has 0 saturated heterocycles. The Morgan fingerprint density at radius 2 is 1.76 bits per heavy atom. The lowest BCUT2D eigenvalue weighted by Gasteiger charge is -2.33. The molecular formula is C6H7Cl2F4N3OS. The monoisotopic (exact) mass is 315 g/mol. The number of nitrogens with one attached hydrogen (secondary N) is 1. The van der Waals surface area contributed by atoms with E-state index in [0.717, 1.165) is 0 Å². The Kier molecular flexibility index (Phi) is 5.38. The summed E-state index contributed by atoms with van der Waals surface area (Å²) in [5.41, 5.74) is 2.83. The van der Waals surface area contributed by atoms with Crippen molar-refractivity contribution in [3.8, 4) is 0 Å². The van der Waals surface area contributed by atoms with Crippen molar-refractivity contribution in [2.45, 2.75) is 22.8 Å². The van der Waals surface area contributed by atoms with Gasteiger partial charge >= 0.3 is 10.8 Å². The maximum absolute atomic E-state index is 12.7. The number of nitrogens with zero attached hydrogens (tertiary/aromatic N) is 1. The van der Waals surface area contributed by atoms with E-state index >= 15 is 0 Å². The van der Waals surface area contributed by atoms with Gasteiger partial charge in [0.05, 0.1) is 0 Å². The van der Waals surface area contributed by atoms with Crippen LogP contribution in [0.2, 0.25) is 0 Å². The number of hydrogen-bond donors (Lipinski definition) is 3. The number of hydrazone groups is 1. The summed E-state index contributed by atoms with van der Waals surface area (Å²) < 4.78 is 50.7. The molecule has 0 aliphatic rings. The normalized spacial score (nSPS) is 14.1. The van der Waals surface area contributed by atoms with E-state index in [1.165, 1.54) is 0 Å². The van der Waals surface area contributed by atoms with Gasteiger partial charge in [0.1, 0.15) is 0 Å². The quantitative estimate of drug-likeness (QED) is 0.237. The highest BCUT2D eigenvalue weighted by atomic mass is 35.5. The molecule has 0 bridgehead atoms. The lowest BCUT2D eigenvalue weighted by molar-refractivity contribution is -0.212. The summed E-state index contributed by atoms with van der Waals surface area (Å²) in [4.78, 5) is 0. The van der Waals surface area contributed by atoms with E-state index in [2.05, 4.69) is 40.5 Å². The molecule has 0 aliphatic carbocycles. The van der Waals surface area contributed by atoms with Crippen molar-refractivity contribution in [2.24, 2.45) is 10.8 Å². The van der Waals surface area contributed by atoms with Crippen molar-refractivity contribution in [2.75, 3.05) is 0 Å². The zero-order valence-electron chi connectivity index (χ0n) is 7.93. The molecule has 0 amide bonds. The maximum atomic E-state index is 12.7. The van der Waals surface area contributed by atoms with Gasteiger partial charge in [-0.1, -0.05) is 0 Å². The Balaban J connectivity index is 4.88. The third-order valence-corrected chi connectivity index (χ3v) is 2.31. The van der Waals surface area contributed by atoms with Gasteiger partial charge < -0.3 is 10.8 Å². The van der Waals surface area contributed by atoms with Crippen molar-refractivity contribution in [3.63, 3.8) is 0 Å². The molecule has 0 saturated carbocycles. The molecule has 0 aliphatic heterocycles. The molecule has 17 heavy (non-hydrogen) atoms. The Morgan fingerprint density at radius 1 is 1.35 bits per heavy atom. The van der Waals surface area contributed by atoms with E-state index in [0.29, 0.717) is 6.21 Å². The molecule has 0 aromatic rings. The van der Waals surface area contributed by atoms with Crippen molar-refractivity contribution in [3.05, 3.63) is 0 Å². The minimum Gasteiger partial charge on any atom is -0.376 e. The van der Waals surface area contributed by atoms with Crippen molar-refractivity contribution >= 4 is 46.7 Å². The lowest BCUT2D eigenvalue weighted by atomic mass is 10.0. The van der Waals surface area contributed by atoms with Crippen LogP contribution in [-0.2, 0) is 0 Å². The first-order valence-electron chi connectivity index (χ1n) is 3.84. The summed E-state index contributed by atoms with van der Waals surface area (Å²) in [6, 6.07) is 0. The van der Waals surface area contributed by atoms with Gasteiger partial charge in [-0.25, -0.2) is 0 Å². The third-order valence-electron chi connectivity index (χ3n) is 1.59. The second kappa shape index (κ2) is 5.51. The number of thiocarbonyl (C=S) groups is 1. The van der Waals surface area contributed by atoms with Crippen LogP contribution >= 0.6 is 35.4 Å². The van der Waals surface area contributed by atoms with E-state index in [4.69, 9.17) is 10.8 Å². The van der Waals surface area contributed by atoms with Gasteiger partial charge in [0.2, 0.25) is 5.60 Å². The number of alkyl halides is 6. The lowest BCUT2D eigenvalue weighted by Crippen LogP contribution is -2.56. The Labute approximate surface area is 109 Å². The molecule has 11 heteroatoms. The molecule has 0 unspecified atom stereocenters. The fraction of sp³-hybridized carbons (Fsp3) is 0.667. The third kappa shape index (κ3) is 4.41. The second-order valence-electron chi connectivity index (χ2n) is 2.85. The summed E-state index contributed by atoms with van der Waals surface area (Å²) in [5, 5.41) is 2.56. The van der Waals surface area contributed by atoms with Crippen LogP contribution in [0.5, 0.6) is 0 Å². The SMILES string of the molecule is NC(=S)N/N=C/CC(O)(C(F)(F)Cl)C(F)(F)Cl. The molecule has 0 aromatic heterocycles. The van der Waals surface area contributed by atoms with Crippen molar-refractivity contribution in [1.82, 2.24) is 5.43 Å². The molecule has 0 aromatic carbocycles. The first kappa shape index (κ1) is 16.6. The van der Waals surface area contributed by atoms with Gasteiger partial charge in [0, 0.05) is 12.6 Å². The van der Waals surface area contributed by atoms with Crippen LogP contribution in [0.15, 0.2) is 5.10 Å². The standard InChI is InChI=1S/C6H7Cl2F4N3OS/c7-5(9,10)4(16,6(8,11)12)1-2-14-15-3(13)17/h2,16H,1H2,(H3,13,15,17)/b14-2+. The number of aliphatic hydroxyl groups is 1. The highest BCUT2D eigenvalue weighted by Gasteiger charge is 2.66. The average Bonchev–Trinajstić information content (AvgIpc) is 2.07. The molecule has 4 N–H and O–H groups in total. The van der Waals surface area contributed by atoms with E-state index in [9.17, 15) is 17.6 Å². The number of rotatable bonds is 5. The first-order chi connectivity index (χ1) is 7.42. The summed E-state index contributed by atoms with van der Waals surface area (Å²) in [6.07, 6.45) is -0.832. The molecule has 0 rings (SSSR count). The highest BCUT2D eigenvalue weighted by Crippen LogP contribution is 2.47. The van der Waals surface area contributed by atoms with Gasteiger partial charge in [-0.15, -0.1) is 0 Å². The molecule has 0 radical (unpaired) electrons. The fourth-order valence-electron chi connectivity index (χ4n) is 0.679. The van der Waals surface area contributed by atoms with Crippen LogP contribution in [-0.4, -0.2) is 32.8 Å². The summed E-state index contributed by atoms with van der Waals surface area (Å²) in [7, 11) is 0. The van der Waals surface area contributed by atoms with Gasteiger partial charge in [-0.2, -0.15) is 22.7 Å². The molecule has 4 nitrogen and oxygen atoms in total. The smallest absolute Gasteiger partial charge is 0.357 e. The number of nitrogens with two attached hydrogens (primary N) is 1. The fourth-order valence-corrected chi connectivity index (χ4v) is 1.17. The van der Waals surface area contributed by atoms with Gasteiger partial charge in [-0.3, -0.25) is 5.43 Å². The van der Waals surface area contributed by atoms with Crippen molar-refractivity contribution < 1.29 is 22.7 Å². The van der Waals surface area contributed by atoms with E-state index in [1.54, 1.807) is 0 Å². The first-order valence-corrected chi connectivity index (χ1v) is 5.01. The zero-order valence-corrected chi connectivity index (χ0v) is 10.3. The topological polar surface area (TPSA) is 70.6 Å². The predicted octanol–water partition coefficient (Wildman–Crippen LogP) is 1.59. The molecule has 0 atom stereocenters. The molecule has 0 spiro atoms. The second-order valence-corrected chi connectivity index (χ2v) is 4.24. The van der Waals surface area contributed by atoms with E-state index in [-0.39, 0.29) is 5.11 Å². The zero-order chi connectivity index (χ0) is 13.9.